The Balaban J connectivity index is 1.93. The molecule has 0 aliphatic rings. The normalized spacial score (nSPS) is 10.3. The van der Waals surface area contributed by atoms with Crippen LogP contribution < -0.4 is 4.74 Å². The summed E-state index contributed by atoms with van der Waals surface area (Å²) < 4.78 is 5.09. The molecule has 0 aromatic heterocycles. The third-order valence-electron chi connectivity index (χ3n) is 3.21. The molecule has 104 valence electrons. The Morgan fingerprint density at radius 1 is 1.05 bits per heavy atom. The lowest BCUT2D eigenvalue weighted by molar-refractivity contribution is 0.0983. The number of ether oxygens (including phenoxy) is 1. The molecule has 0 aliphatic carbocycles. The Morgan fingerprint density at radius 2 is 1.70 bits per heavy atom. The molecular weight excluding hydrogens is 268 g/mol. The lowest BCUT2D eigenvalue weighted by Crippen LogP contribution is -2.01. The van der Waals surface area contributed by atoms with Crippen molar-refractivity contribution in [3.8, 4) is 5.75 Å². The highest BCUT2D eigenvalue weighted by Crippen LogP contribution is 2.17. The van der Waals surface area contributed by atoms with E-state index >= 15 is 0 Å². The summed E-state index contributed by atoms with van der Waals surface area (Å²) in [6.07, 6.45) is 3.37. The number of Topliss-reactive ketones (excluding diaryl/α,β-unsaturated/α-hetero) is 1. The number of hydrogen-bond acceptors (Lipinski definition) is 3. The van der Waals surface area contributed by atoms with Gasteiger partial charge < -0.3 is 4.74 Å². The monoisotopic (exact) mass is 286 g/mol. The van der Waals surface area contributed by atoms with Crippen molar-refractivity contribution in [3.05, 3.63) is 59.7 Å². The van der Waals surface area contributed by atoms with E-state index in [9.17, 15) is 4.79 Å². The molecule has 0 heterocycles. The molecule has 0 aliphatic heterocycles. The minimum absolute atomic E-state index is 0.168. The number of thioether (sulfide) groups is 1. The zero-order valence-electron chi connectivity index (χ0n) is 11.8. The highest BCUT2D eigenvalue weighted by atomic mass is 32.2. The highest BCUT2D eigenvalue weighted by molar-refractivity contribution is 7.98. The first-order valence-electron chi connectivity index (χ1n) is 6.53. The summed E-state index contributed by atoms with van der Waals surface area (Å²) in [6.45, 7) is 0. The van der Waals surface area contributed by atoms with Crippen LogP contribution >= 0.6 is 11.8 Å². The van der Waals surface area contributed by atoms with Gasteiger partial charge in [0.2, 0.25) is 0 Å². The first-order valence-corrected chi connectivity index (χ1v) is 7.75. The lowest BCUT2D eigenvalue weighted by atomic mass is 10.0. The second-order valence-corrected chi connectivity index (χ2v) is 5.38. The van der Waals surface area contributed by atoms with Gasteiger partial charge >= 0.3 is 0 Å². The van der Waals surface area contributed by atoms with Gasteiger partial charge in [-0.3, -0.25) is 4.79 Å². The minimum atomic E-state index is 0.168. The van der Waals surface area contributed by atoms with Crippen molar-refractivity contribution >= 4 is 17.5 Å². The maximum Gasteiger partial charge on any atom is 0.163 e. The third kappa shape index (κ3) is 3.87. The number of aryl methyl sites for hydroxylation is 1. The molecule has 0 N–H and O–H groups in total. The van der Waals surface area contributed by atoms with Gasteiger partial charge in [-0.1, -0.05) is 12.1 Å². The lowest BCUT2D eigenvalue weighted by Gasteiger charge is -2.04. The van der Waals surface area contributed by atoms with Crippen molar-refractivity contribution in [3.63, 3.8) is 0 Å². The summed E-state index contributed by atoms with van der Waals surface area (Å²) >= 11 is 1.72. The second kappa shape index (κ2) is 7.15. The molecule has 0 fully saturated rings. The van der Waals surface area contributed by atoms with Crippen LogP contribution in [0.3, 0.4) is 0 Å². The van der Waals surface area contributed by atoms with Crippen molar-refractivity contribution in [1.29, 1.82) is 0 Å². The molecule has 0 saturated carbocycles. The molecule has 0 bridgehead atoms. The highest BCUT2D eigenvalue weighted by Gasteiger charge is 2.06. The molecular formula is C17H18O2S. The molecule has 0 unspecified atom stereocenters. The number of carbonyl (C=O) groups is 1. The molecule has 0 amide bonds. The average Bonchev–Trinajstić information content (AvgIpc) is 2.53. The zero-order valence-corrected chi connectivity index (χ0v) is 12.6. The van der Waals surface area contributed by atoms with Crippen LogP contribution in [0.1, 0.15) is 22.3 Å². The van der Waals surface area contributed by atoms with Crippen LogP contribution in [0.25, 0.3) is 0 Å². The van der Waals surface area contributed by atoms with Crippen LogP contribution in [0.15, 0.2) is 53.4 Å². The molecule has 3 heteroatoms. The Hall–Kier alpha value is -1.74. The predicted molar refractivity (Wildman–Crippen MR) is 83.9 cm³/mol. The Bertz CT molecular complexity index is 559. The fourth-order valence-corrected chi connectivity index (χ4v) is 2.38. The summed E-state index contributed by atoms with van der Waals surface area (Å²) in [6, 6.07) is 15.6. The van der Waals surface area contributed by atoms with Gasteiger partial charge in [0, 0.05) is 16.9 Å². The van der Waals surface area contributed by atoms with Crippen LogP contribution in [0, 0.1) is 0 Å². The fourth-order valence-electron chi connectivity index (χ4n) is 1.97. The van der Waals surface area contributed by atoms with Crippen molar-refractivity contribution < 1.29 is 9.53 Å². The van der Waals surface area contributed by atoms with Crippen LogP contribution in [0.5, 0.6) is 5.75 Å². The van der Waals surface area contributed by atoms with E-state index in [1.165, 1.54) is 10.5 Å². The van der Waals surface area contributed by atoms with Gasteiger partial charge in [-0.2, -0.15) is 0 Å². The SMILES string of the molecule is COc1ccc(C(=O)CCc2ccc(SC)cc2)cc1. The van der Waals surface area contributed by atoms with Gasteiger partial charge in [0.1, 0.15) is 5.75 Å². The first-order chi connectivity index (χ1) is 9.72. The second-order valence-electron chi connectivity index (χ2n) is 4.50. The molecule has 0 radical (unpaired) electrons. The van der Waals surface area contributed by atoms with E-state index < -0.39 is 0 Å². The number of benzene rings is 2. The summed E-state index contributed by atoms with van der Waals surface area (Å²) in [5.74, 6) is 0.941. The largest absolute Gasteiger partial charge is 0.497 e. The number of ketones is 1. The van der Waals surface area contributed by atoms with E-state index in [-0.39, 0.29) is 5.78 Å². The number of carbonyl (C=O) groups excluding carboxylic acids is 1. The summed E-state index contributed by atoms with van der Waals surface area (Å²) in [5.41, 5.74) is 1.94. The fraction of sp³-hybridized carbons (Fsp3) is 0.235. The van der Waals surface area contributed by atoms with E-state index in [1.54, 1.807) is 18.9 Å². The van der Waals surface area contributed by atoms with Crippen LogP contribution in [-0.2, 0) is 6.42 Å². The van der Waals surface area contributed by atoms with E-state index in [0.717, 1.165) is 17.7 Å². The molecule has 2 aromatic carbocycles. The maximum atomic E-state index is 12.1. The van der Waals surface area contributed by atoms with E-state index in [4.69, 9.17) is 4.74 Å². The molecule has 0 atom stereocenters. The van der Waals surface area contributed by atoms with Gasteiger partial charge in [-0.25, -0.2) is 0 Å². The van der Waals surface area contributed by atoms with E-state index in [1.807, 2.05) is 24.3 Å². The number of rotatable bonds is 6. The van der Waals surface area contributed by atoms with E-state index in [2.05, 4.69) is 30.5 Å². The van der Waals surface area contributed by atoms with Crippen molar-refractivity contribution in [2.45, 2.75) is 17.7 Å². The Labute approximate surface area is 124 Å². The van der Waals surface area contributed by atoms with Crippen molar-refractivity contribution in [1.82, 2.24) is 0 Å². The van der Waals surface area contributed by atoms with Gasteiger partial charge in [0.15, 0.2) is 5.78 Å². The molecule has 2 rings (SSSR count). The Kier molecular flexibility index (Phi) is 5.24. The van der Waals surface area contributed by atoms with Crippen molar-refractivity contribution in [2.24, 2.45) is 0 Å². The summed E-state index contributed by atoms with van der Waals surface area (Å²) in [4.78, 5) is 13.3. The van der Waals surface area contributed by atoms with Crippen LogP contribution in [0.2, 0.25) is 0 Å². The topological polar surface area (TPSA) is 26.3 Å². The Morgan fingerprint density at radius 3 is 2.25 bits per heavy atom. The maximum absolute atomic E-state index is 12.1. The first kappa shape index (κ1) is 14.7. The summed E-state index contributed by atoms with van der Waals surface area (Å²) in [5, 5.41) is 0. The minimum Gasteiger partial charge on any atom is -0.497 e. The van der Waals surface area contributed by atoms with E-state index in [0.29, 0.717) is 6.42 Å². The van der Waals surface area contributed by atoms with Crippen LogP contribution in [0.4, 0.5) is 0 Å². The number of methoxy groups -OCH3 is 1. The quantitative estimate of drug-likeness (QED) is 0.587. The van der Waals surface area contributed by atoms with Gasteiger partial charge in [0.25, 0.3) is 0 Å². The van der Waals surface area contributed by atoms with Gasteiger partial charge in [-0.05, 0) is 54.6 Å². The molecule has 2 nitrogen and oxygen atoms in total. The molecule has 0 spiro atoms. The van der Waals surface area contributed by atoms with Gasteiger partial charge in [0.05, 0.1) is 7.11 Å². The standard InChI is InChI=1S/C17H18O2S/c1-19-15-8-6-14(7-9-15)17(18)12-5-13-3-10-16(20-2)11-4-13/h3-4,6-11H,5,12H2,1-2H3. The zero-order chi connectivity index (χ0) is 14.4. The van der Waals surface area contributed by atoms with Gasteiger partial charge in [-0.15, -0.1) is 11.8 Å². The van der Waals surface area contributed by atoms with Crippen LogP contribution in [-0.4, -0.2) is 19.1 Å². The molecule has 20 heavy (non-hydrogen) atoms. The number of hydrogen-bond donors (Lipinski definition) is 0. The van der Waals surface area contributed by atoms with Crippen molar-refractivity contribution in [2.75, 3.05) is 13.4 Å². The average molecular weight is 286 g/mol. The third-order valence-corrected chi connectivity index (χ3v) is 3.96. The molecule has 0 saturated heterocycles. The predicted octanol–water partition coefficient (Wildman–Crippen LogP) is 4.23. The molecule has 2 aromatic rings. The smallest absolute Gasteiger partial charge is 0.163 e. The summed E-state index contributed by atoms with van der Waals surface area (Å²) in [7, 11) is 1.62.